The second-order valence-corrected chi connectivity index (χ2v) is 11.3. The predicted octanol–water partition coefficient (Wildman–Crippen LogP) is 4.66. The fourth-order valence-electron chi connectivity index (χ4n) is 5.15. The van der Waals surface area contributed by atoms with Gasteiger partial charge in [0.05, 0.1) is 38.6 Å². The molecule has 0 amide bonds. The molecule has 0 aromatic heterocycles. The minimum absolute atomic E-state index is 0.149. The average Bonchev–Trinajstić information content (AvgIpc) is 2.71. The Morgan fingerprint density at radius 2 is 1.26 bits per heavy atom. The maximum Gasteiger partial charge on any atom is 0.108 e. The molecule has 0 spiro atoms. The lowest BCUT2D eigenvalue weighted by atomic mass is 9.75. The summed E-state index contributed by atoms with van der Waals surface area (Å²) in [4.78, 5) is 0. The monoisotopic (exact) mass is 444 g/mol. The third-order valence-electron chi connectivity index (χ3n) is 7.29. The minimum Gasteiger partial charge on any atom is -0.394 e. The molecule has 7 atom stereocenters. The van der Waals surface area contributed by atoms with Crippen LogP contribution >= 0.6 is 0 Å². The van der Waals surface area contributed by atoms with Crippen LogP contribution in [0.3, 0.4) is 0 Å². The van der Waals surface area contributed by atoms with E-state index >= 15 is 0 Å². The van der Waals surface area contributed by atoms with Gasteiger partial charge in [0, 0.05) is 0 Å². The van der Waals surface area contributed by atoms with Crippen molar-refractivity contribution in [3.8, 4) is 0 Å². The second-order valence-electron chi connectivity index (χ2n) is 11.3. The zero-order chi connectivity index (χ0) is 23.6. The molecule has 186 valence electrons. The number of hydrogen-bond donors (Lipinski definition) is 3. The van der Waals surface area contributed by atoms with E-state index in [4.69, 9.17) is 19.7 Å². The van der Waals surface area contributed by atoms with Gasteiger partial charge in [-0.15, -0.1) is 0 Å². The molecule has 31 heavy (non-hydrogen) atoms. The summed E-state index contributed by atoms with van der Waals surface area (Å²) < 4.78 is 11.6. The third-order valence-corrected chi connectivity index (χ3v) is 7.29. The van der Waals surface area contributed by atoms with Crippen molar-refractivity contribution in [2.45, 2.75) is 105 Å². The quantitative estimate of drug-likeness (QED) is 0.482. The van der Waals surface area contributed by atoms with Crippen LogP contribution in [0.15, 0.2) is 0 Å². The molecule has 2 fully saturated rings. The van der Waals surface area contributed by atoms with E-state index < -0.39 is 5.60 Å². The van der Waals surface area contributed by atoms with Gasteiger partial charge in [0.1, 0.15) is 5.60 Å². The van der Waals surface area contributed by atoms with Crippen LogP contribution in [-0.2, 0) is 9.47 Å². The van der Waals surface area contributed by atoms with Gasteiger partial charge in [-0.2, -0.15) is 0 Å². The van der Waals surface area contributed by atoms with E-state index in [0.717, 1.165) is 12.3 Å². The first-order valence-corrected chi connectivity index (χ1v) is 12.7. The van der Waals surface area contributed by atoms with Crippen molar-refractivity contribution in [2.75, 3.05) is 26.4 Å². The van der Waals surface area contributed by atoms with Gasteiger partial charge in [0.15, 0.2) is 0 Å². The molecule has 0 saturated heterocycles. The Kier molecular flexibility index (Phi) is 13.2. The Morgan fingerprint density at radius 1 is 0.806 bits per heavy atom. The first kappa shape index (κ1) is 28.8. The smallest absolute Gasteiger partial charge is 0.108 e. The van der Waals surface area contributed by atoms with Crippen LogP contribution in [0.5, 0.6) is 0 Å². The average molecular weight is 445 g/mol. The van der Waals surface area contributed by atoms with Gasteiger partial charge in [-0.3, -0.25) is 0 Å². The minimum atomic E-state index is -1.11. The molecular weight excluding hydrogens is 392 g/mol. The van der Waals surface area contributed by atoms with E-state index in [-0.39, 0.29) is 25.9 Å². The number of aliphatic hydroxyl groups excluding tert-OH is 2. The second kappa shape index (κ2) is 14.1. The standard InChI is InChI=1S/C14H28O3.C12H24O2/c1-10(2)12-6-5-11(3)7-13(12)17-9-14(4,16)8-15;1-9(2)11-5-4-10(3)8-12(11)14-7-6-13/h10-13,15-16H,5-9H2,1-4H3;9-13H,4-8H2,1-3H3. The molecule has 2 aliphatic rings. The summed E-state index contributed by atoms with van der Waals surface area (Å²) in [6.07, 6.45) is 7.97. The van der Waals surface area contributed by atoms with Crippen LogP contribution in [-0.4, -0.2) is 59.6 Å². The van der Waals surface area contributed by atoms with Gasteiger partial charge in [-0.05, 0) is 68.1 Å². The Hall–Kier alpha value is -0.200. The van der Waals surface area contributed by atoms with Crippen LogP contribution in [0.25, 0.3) is 0 Å². The van der Waals surface area contributed by atoms with Gasteiger partial charge < -0.3 is 24.8 Å². The van der Waals surface area contributed by atoms with Crippen molar-refractivity contribution in [1.29, 1.82) is 0 Å². The lowest BCUT2D eigenvalue weighted by Crippen LogP contribution is -2.41. The normalized spacial score (nSPS) is 33.7. The Morgan fingerprint density at radius 3 is 1.65 bits per heavy atom. The number of rotatable bonds is 9. The summed E-state index contributed by atoms with van der Waals surface area (Å²) >= 11 is 0. The van der Waals surface area contributed by atoms with Crippen molar-refractivity contribution in [2.24, 2.45) is 35.5 Å². The van der Waals surface area contributed by atoms with Crippen LogP contribution in [0, 0.1) is 35.5 Å². The highest BCUT2D eigenvalue weighted by Crippen LogP contribution is 2.36. The summed E-state index contributed by atoms with van der Waals surface area (Å²) in [6, 6.07) is 0. The first-order valence-electron chi connectivity index (χ1n) is 12.7. The molecule has 2 aliphatic carbocycles. The largest absolute Gasteiger partial charge is 0.394 e. The highest BCUT2D eigenvalue weighted by atomic mass is 16.5. The maximum atomic E-state index is 9.77. The van der Waals surface area contributed by atoms with Crippen LogP contribution in [0.1, 0.15) is 87.0 Å². The van der Waals surface area contributed by atoms with Gasteiger partial charge in [0.25, 0.3) is 0 Å². The van der Waals surface area contributed by atoms with Gasteiger partial charge in [-0.1, -0.05) is 54.4 Å². The van der Waals surface area contributed by atoms with Crippen LogP contribution < -0.4 is 0 Å². The van der Waals surface area contributed by atoms with E-state index in [9.17, 15) is 5.11 Å². The molecule has 0 bridgehead atoms. The van der Waals surface area contributed by atoms with Gasteiger partial charge >= 0.3 is 0 Å². The van der Waals surface area contributed by atoms with Crippen molar-refractivity contribution < 1.29 is 24.8 Å². The van der Waals surface area contributed by atoms with Crippen molar-refractivity contribution in [1.82, 2.24) is 0 Å². The zero-order valence-electron chi connectivity index (χ0n) is 21.3. The maximum absolute atomic E-state index is 9.77. The molecule has 0 aliphatic heterocycles. The van der Waals surface area contributed by atoms with Crippen molar-refractivity contribution in [3.05, 3.63) is 0 Å². The Balaban J connectivity index is 0.000000316. The number of hydrogen-bond acceptors (Lipinski definition) is 5. The van der Waals surface area contributed by atoms with Crippen LogP contribution in [0.4, 0.5) is 0 Å². The summed E-state index contributed by atoms with van der Waals surface area (Å²) in [5.41, 5.74) is -1.11. The fraction of sp³-hybridized carbons (Fsp3) is 1.00. The molecule has 0 aromatic rings. The molecule has 0 aromatic carbocycles. The van der Waals surface area contributed by atoms with Gasteiger partial charge in [0.2, 0.25) is 0 Å². The molecule has 5 heteroatoms. The predicted molar refractivity (Wildman–Crippen MR) is 127 cm³/mol. The summed E-state index contributed by atoms with van der Waals surface area (Å²) in [5.74, 6) is 4.08. The molecular formula is C26H52O5. The highest BCUT2D eigenvalue weighted by molar-refractivity contribution is 4.83. The topological polar surface area (TPSA) is 79.2 Å². The van der Waals surface area contributed by atoms with E-state index in [1.54, 1.807) is 6.92 Å². The molecule has 3 N–H and O–H groups in total. The Labute approximate surface area is 191 Å². The molecule has 2 saturated carbocycles. The molecule has 7 unspecified atom stereocenters. The Bertz CT molecular complexity index is 465. The van der Waals surface area contributed by atoms with Crippen molar-refractivity contribution in [3.63, 3.8) is 0 Å². The van der Waals surface area contributed by atoms with E-state index in [2.05, 4.69) is 41.5 Å². The molecule has 5 nitrogen and oxygen atoms in total. The summed E-state index contributed by atoms with van der Waals surface area (Å²) in [5, 5.41) is 27.6. The summed E-state index contributed by atoms with van der Waals surface area (Å²) in [6.45, 7) is 15.8. The molecule has 2 rings (SSSR count). The SMILES string of the molecule is CC1CCC(C(C)C)C(OCC(C)(O)CO)C1.CC1CCC(C(C)C)C(OCCO)C1. The van der Waals surface area contributed by atoms with E-state index in [0.29, 0.717) is 42.3 Å². The lowest BCUT2D eigenvalue weighted by Gasteiger charge is -2.38. The lowest BCUT2D eigenvalue weighted by molar-refractivity contribution is -0.116. The molecule has 0 radical (unpaired) electrons. The highest BCUT2D eigenvalue weighted by Gasteiger charge is 2.33. The van der Waals surface area contributed by atoms with Gasteiger partial charge in [-0.25, -0.2) is 0 Å². The van der Waals surface area contributed by atoms with Crippen LogP contribution in [0.2, 0.25) is 0 Å². The van der Waals surface area contributed by atoms with E-state index in [1.807, 2.05) is 0 Å². The van der Waals surface area contributed by atoms with Crippen molar-refractivity contribution >= 4 is 0 Å². The third kappa shape index (κ3) is 10.5. The number of ether oxygens (including phenoxy) is 2. The molecule has 0 heterocycles. The summed E-state index contributed by atoms with van der Waals surface area (Å²) in [7, 11) is 0. The van der Waals surface area contributed by atoms with E-state index in [1.165, 1.54) is 32.1 Å². The zero-order valence-corrected chi connectivity index (χ0v) is 21.3. The number of aliphatic hydroxyl groups is 3. The fourth-order valence-corrected chi connectivity index (χ4v) is 5.15. The first-order chi connectivity index (χ1) is 14.5.